The molecule has 2 aliphatic carbocycles. The maximum Gasteiger partial charge on any atom is 0.307 e. The fourth-order valence-electron chi connectivity index (χ4n) is 3.64. The standard InChI is InChI=1S/C15H18O2/c1-9-7-10(2)11-3-4-12(14(16)17)15(5-6-15)13(11)8-9/h7-8,12H,3-6H2,1-2H3,(H,16,17). The second-order valence-electron chi connectivity index (χ2n) is 5.69. The van der Waals surface area contributed by atoms with Crippen molar-refractivity contribution in [3.05, 3.63) is 34.4 Å². The van der Waals surface area contributed by atoms with Crippen molar-refractivity contribution < 1.29 is 9.90 Å². The highest BCUT2D eigenvalue weighted by Gasteiger charge is 2.56. The molecule has 1 unspecified atom stereocenters. The highest BCUT2D eigenvalue weighted by atomic mass is 16.4. The lowest BCUT2D eigenvalue weighted by Gasteiger charge is -2.32. The predicted molar refractivity (Wildman–Crippen MR) is 66.3 cm³/mol. The monoisotopic (exact) mass is 230 g/mol. The van der Waals surface area contributed by atoms with Gasteiger partial charge in [-0.25, -0.2) is 0 Å². The fourth-order valence-corrected chi connectivity index (χ4v) is 3.64. The van der Waals surface area contributed by atoms with Gasteiger partial charge in [0.25, 0.3) is 0 Å². The zero-order valence-corrected chi connectivity index (χ0v) is 10.4. The first-order valence-electron chi connectivity index (χ1n) is 6.38. The molecular formula is C15H18O2. The lowest BCUT2D eigenvalue weighted by atomic mass is 9.71. The summed E-state index contributed by atoms with van der Waals surface area (Å²) in [6.45, 7) is 4.26. The van der Waals surface area contributed by atoms with E-state index in [2.05, 4.69) is 26.0 Å². The van der Waals surface area contributed by atoms with E-state index in [4.69, 9.17) is 0 Å². The van der Waals surface area contributed by atoms with Crippen LogP contribution in [-0.4, -0.2) is 11.1 Å². The normalized spacial score (nSPS) is 24.5. The quantitative estimate of drug-likeness (QED) is 0.805. The molecule has 90 valence electrons. The van der Waals surface area contributed by atoms with E-state index in [9.17, 15) is 9.90 Å². The minimum absolute atomic E-state index is 0.0177. The van der Waals surface area contributed by atoms with Crippen LogP contribution in [-0.2, 0) is 16.6 Å². The van der Waals surface area contributed by atoms with Gasteiger partial charge >= 0.3 is 5.97 Å². The molecule has 1 N–H and O–H groups in total. The van der Waals surface area contributed by atoms with Gasteiger partial charge in [-0.15, -0.1) is 0 Å². The van der Waals surface area contributed by atoms with Crippen molar-refractivity contribution in [1.82, 2.24) is 0 Å². The van der Waals surface area contributed by atoms with E-state index in [1.165, 1.54) is 22.3 Å². The lowest BCUT2D eigenvalue weighted by Crippen LogP contribution is -2.33. The van der Waals surface area contributed by atoms with E-state index in [0.717, 1.165) is 25.7 Å². The minimum atomic E-state index is -0.604. The van der Waals surface area contributed by atoms with E-state index in [1.54, 1.807) is 0 Å². The van der Waals surface area contributed by atoms with Crippen LogP contribution in [0, 0.1) is 19.8 Å². The van der Waals surface area contributed by atoms with Gasteiger partial charge in [-0.05, 0) is 56.2 Å². The summed E-state index contributed by atoms with van der Waals surface area (Å²) in [6, 6.07) is 4.44. The molecule has 0 radical (unpaired) electrons. The highest BCUT2D eigenvalue weighted by Crippen LogP contribution is 2.59. The second-order valence-corrected chi connectivity index (χ2v) is 5.69. The largest absolute Gasteiger partial charge is 0.481 e. The molecule has 0 saturated heterocycles. The van der Waals surface area contributed by atoms with Gasteiger partial charge in [0, 0.05) is 5.41 Å². The maximum atomic E-state index is 11.4. The molecular weight excluding hydrogens is 212 g/mol. The number of fused-ring (bicyclic) bond motifs is 2. The Morgan fingerprint density at radius 3 is 2.65 bits per heavy atom. The molecule has 0 amide bonds. The van der Waals surface area contributed by atoms with Crippen LogP contribution in [0.15, 0.2) is 12.1 Å². The number of aliphatic carboxylic acids is 1. The molecule has 1 aromatic rings. The average Bonchev–Trinajstić information content (AvgIpc) is 3.00. The van der Waals surface area contributed by atoms with E-state index < -0.39 is 5.97 Å². The van der Waals surface area contributed by atoms with Gasteiger partial charge in [-0.2, -0.15) is 0 Å². The van der Waals surface area contributed by atoms with Crippen LogP contribution in [0.2, 0.25) is 0 Å². The van der Waals surface area contributed by atoms with Crippen LogP contribution in [0.4, 0.5) is 0 Å². The molecule has 1 spiro atoms. The number of benzene rings is 1. The van der Waals surface area contributed by atoms with Crippen molar-refractivity contribution >= 4 is 5.97 Å². The minimum Gasteiger partial charge on any atom is -0.481 e. The molecule has 1 atom stereocenters. The zero-order chi connectivity index (χ0) is 12.2. The zero-order valence-electron chi connectivity index (χ0n) is 10.4. The molecule has 0 bridgehead atoms. The van der Waals surface area contributed by atoms with E-state index in [-0.39, 0.29) is 11.3 Å². The topological polar surface area (TPSA) is 37.3 Å². The van der Waals surface area contributed by atoms with Crippen molar-refractivity contribution in [2.24, 2.45) is 5.92 Å². The van der Waals surface area contributed by atoms with Gasteiger partial charge in [-0.3, -0.25) is 4.79 Å². The third-order valence-corrected chi connectivity index (χ3v) is 4.59. The van der Waals surface area contributed by atoms with Crippen LogP contribution < -0.4 is 0 Å². The fraction of sp³-hybridized carbons (Fsp3) is 0.533. The Kier molecular flexibility index (Phi) is 2.13. The van der Waals surface area contributed by atoms with Crippen molar-refractivity contribution in [2.75, 3.05) is 0 Å². The number of carboxylic acid groups (broad SMARTS) is 1. The Bertz CT molecular complexity index is 498. The van der Waals surface area contributed by atoms with Crippen LogP contribution >= 0.6 is 0 Å². The van der Waals surface area contributed by atoms with Crippen molar-refractivity contribution in [1.29, 1.82) is 0 Å². The summed E-state index contributed by atoms with van der Waals surface area (Å²) in [5, 5.41) is 9.38. The molecule has 0 aromatic heterocycles. The molecule has 2 heteroatoms. The number of carbonyl (C=O) groups is 1. The van der Waals surface area contributed by atoms with Crippen LogP contribution in [0.5, 0.6) is 0 Å². The Hall–Kier alpha value is -1.31. The van der Waals surface area contributed by atoms with Gasteiger partial charge in [0.05, 0.1) is 5.92 Å². The van der Waals surface area contributed by atoms with Crippen molar-refractivity contribution in [3.63, 3.8) is 0 Å². The summed E-state index contributed by atoms with van der Waals surface area (Å²) >= 11 is 0. The summed E-state index contributed by atoms with van der Waals surface area (Å²) < 4.78 is 0. The van der Waals surface area contributed by atoms with E-state index >= 15 is 0 Å². The van der Waals surface area contributed by atoms with Gasteiger partial charge in [0.2, 0.25) is 0 Å². The summed E-state index contributed by atoms with van der Waals surface area (Å²) in [7, 11) is 0. The van der Waals surface area contributed by atoms with Crippen LogP contribution in [0.25, 0.3) is 0 Å². The third kappa shape index (κ3) is 1.43. The number of aryl methyl sites for hydroxylation is 2. The summed E-state index contributed by atoms with van der Waals surface area (Å²) in [4.78, 5) is 11.4. The maximum absolute atomic E-state index is 11.4. The third-order valence-electron chi connectivity index (χ3n) is 4.59. The van der Waals surface area contributed by atoms with Crippen LogP contribution in [0.1, 0.15) is 41.5 Å². The van der Waals surface area contributed by atoms with Gasteiger partial charge in [0.1, 0.15) is 0 Å². The summed E-state index contributed by atoms with van der Waals surface area (Å²) in [5.41, 5.74) is 5.35. The smallest absolute Gasteiger partial charge is 0.307 e. The molecule has 1 aromatic carbocycles. The van der Waals surface area contributed by atoms with E-state index in [0.29, 0.717) is 0 Å². The number of hydrogen-bond donors (Lipinski definition) is 1. The molecule has 0 aliphatic heterocycles. The number of rotatable bonds is 1. The van der Waals surface area contributed by atoms with Crippen molar-refractivity contribution in [2.45, 2.75) is 44.9 Å². The highest BCUT2D eigenvalue weighted by molar-refractivity contribution is 5.75. The Balaban J connectivity index is 2.16. The van der Waals surface area contributed by atoms with E-state index in [1.807, 2.05) is 0 Å². The molecule has 2 nitrogen and oxygen atoms in total. The first-order valence-corrected chi connectivity index (χ1v) is 6.38. The Labute approximate surface area is 102 Å². The lowest BCUT2D eigenvalue weighted by molar-refractivity contribution is -0.143. The molecule has 1 saturated carbocycles. The molecule has 1 fully saturated rings. The Morgan fingerprint density at radius 1 is 1.35 bits per heavy atom. The predicted octanol–water partition coefficient (Wildman–Crippen LogP) is 2.98. The summed E-state index contributed by atoms with van der Waals surface area (Å²) in [5.74, 6) is -0.761. The average molecular weight is 230 g/mol. The molecule has 3 rings (SSSR count). The summed E-state index contributed by atoms with van der Waals surface area (Å²) in [6.07, 6.45) is 3.85. The first kappa shape index (κ1) is 10.8. The van der Waals surface area contributed by atoms with Crippen molar-refractivity contribution in [3.8, 4) is 0 Å². The first-order chi connectivity index (χ1) is 8.04. The van der Waals surface area contributed by atoms with Crippen LogP contribution in [0.3, 0.4) is 0 Å². The molecule has 2 aliphatic rings. The second kappa shape index (κ2) is 3.34. The van der Waals surface area contributed by atoms with Gasteiger partial charge < -0.3 is 5.11 Å². The number of carboxylic acids is 1. The molecule has 17 heavy (non-hydrogen) atoms. The SMILES string of the molecule is Cc1cc(C)c2c(c1)C1(CC1)C(C(=O)O)CC2. The molecule has 0 heterocycles. The van der Waals surface area contributed by atoms with Gasteiger partial charge in [0.15, 0.2) is 0 Å². The van der Waals surface area contributed by atoms with Gasteiger partial charge in [-0.1, -0.05) is 17.7 Å². The Morgan fingerprint density at radius 2 is 2.06 bits per heavy atom. The number of hydrogen-bond acceptors (Lipinski definition) is 1.